The Labute approximate surface area is 126 Å². The molecule has 1 rings (SSSR count). The van der Waals surface area contributed by atoms with Gasteiger partial charge in [0.05, 0.1) is 6.54 Å². The maximum absolute atomic E-state index is 12.2. The normalized spacial score (nSPS) is 10.7. The maximum atomic E-state index is 12.2. The van der Waals surface area contributed by atoms with Crippen LogP contribution < -0.4 is 0 Å². The van der Waals surface area contributed by atoms with Crippen molar-refractivity contribution >= 4 is 17.5 Å². The van der Waals surface area contributed by atoms with Gasteiger partial charge in [-0.1, -0.05) is 35.9 Å². The second-order valence-electron chi connectivity index (χ2n) is 5.16. The highest BCUT2D eigenvalue weighted by Crippen LogP contribution is 2.11. The number of nitrogens with zero attached hydrogens (tertiary/aromatic N) is 2. The van der Waals surface area contributed by atoms with Crippen LogP contribution in [0.2, 0.25) is 5.02 Å². The molecule has 1 aromatic carbocycles. The minimum absolute atomic E-state index is 0.131. The number of likely N-dealkylation sites (N-methyl/N-ethyl adjacent to an activating group) is 2. The predicted molar refractivity (Wildman–Crippen MR) is 84.9 cm³/mol. The van der Waals surface area contributed by atoms with Gasteiger partial charge < -0.3 is 4.90 Å². The Balaban J connectivity index is 2.52. The monoisotopic (exact) mass is 294 g/mol. The highest BCUT2D eigenvalue weighted by atomic mass is 35.5. The first-order chi connectivity index (χ1) is 9.42. The number of hydrogen-bond donors (Lipinski definition) is 0. The molecule has 0 N–H and O–H groups in total. The molecule has 0 aliphatic heterocycles. The van der Waals surface area contributed by atoms with E-state index in [4.69, 9.17) is 11.6 Å². The first-order valence-corrected chi connectivity index (χ1v) is 7.15. The lowest BCUT2D eigenvalue weighted by atomic mass is 10.2. The highest BCUT2D eigenvalue weighted by Gasteiger charge is 2.14. The van der Waals surface area contributed by atoms with Crippen LogP contribution in [0.15, 0.2) is 36.4 Å². The van der Waals surface area contributed by atoms with Crippen LogP contribution >= 0.6 is 11.6 Å². The quantitative estimate of drug-likeness (QED) is 0.721. The summed E-state index contributed by atoms with van der Waals surface area (Å²) < 4.78 is 0. The zero-order valence-corrected chi connectivity index (χ0v) is 13.3. The second kappa shape index (κ2) is 8.08. The number of halogens is 1. The average Bonchev–Trinajstić information content (AvgIpc) is 2.38. The third-order valence-electron chi connectivity index (χ3n) is 2.97. The van der Waals surface area contributed by atoms with E-state index in [9.17, 15) is 4.79 Å². The summed E-state index contributed by atoms with van der Waals surface area (Å²) in [6.07, 6.45) is 0. The van der Waals surface area contributed by atoms with Gasteiger partial charge in [-0.25, -0.2) is 0 Å². The summed E-state index contributed by atoms with van der Waals surface area (Å²) in [5.74, 6) is 0.131. The molecule has 110 valence electrons. The number of rotatable bonds is 7. The molecule has 0 saturated heterocycles. The van der Waals surface area contributed by atoms with Crippen molar-refractivity contribution in [2.24, 2.45) is 0 Å². The second-order valence-corrected chi connectivity index (χ2v) is 5.60. The van der Waals surface area contributed by atoms with Crippen molar-refractivity contribution in [2.75, 3.05) is 26.7 Å². The number of carbonyl (C=O) groups is 1. The van der Waals surface area contributed by atoms with Gasteiger partial charge in [0.15, 0.2) is 0 Å². The average molecular weight is 295 g/mol. The molecule has 20 heavy (non-hydrogen) atoms. The van der Waals surface area contributed by atoms with E-state index in [1.54, 1.807) is 0 Å². The number of benzene rings is 1. The molecule has 0 bridgehead atoms. The summed E-state index contributed by atoms with van der Waals surface area (Å²) in [4.78, 5) is 16.0. The van der Waals surface area contributed by atoms with Crippen LogP contribution in [0.1, 0.15) is 19.4 Å². The molecule has 0 aromatic heterocycles. The molecule has 0 aliphatic carbocycles. The zero-order valence-electron chi connectivity index (χ0n) is 12.5. The molecule has 3 nitrogen and oxygen atoms in total. The minimum Gasteiger partial charge on any atom is -0.338 e. The molecule has 0 radical (unpaired) electrons. The fourth-order valence-corrected chi connectivity index (χ4v) is 2.12. The van der Waals surface area contributed by atoms with Gasteiger partial charge >= 0.3 is 0 Å². The minimum atomic E-state index is 0.131. The number of hydrogen-bond acceptors (Lipinski definition) is 2. The molecule has 0 heterocycles. The maximum Gasteiger partial charge on any atom is 0.237 e. The van der Waals surface area contributed by atoms with E-state index < -0.39 is 0 Å². The summed E-state index contributed by atoms with van der Waals surface area (Å²) in [6.45, 7) is 10.3. The van der Waals surface area contributed by atoms with Crippen LogP contribution in [0.25, 0.3) is 0 Å². The molecule has 0 atom stereocenters. The zero-order chi connectivity index (χ0) is 15.1. The summed E-state index contributed by atoms with van der Waals surface area (Å²) in [5.41, 5.74) is 2.15. The van der Waals surface area contributed by atoms with Gasteiger partial charge in [0.2, 0.25) is 5.91 Å². The van der Waals surface area contributed by atoms with Crippen molar-refractivity contribution in [3.63, 3.8) is 0 Å². The Morgan fingerprint density at radius 3 is 2.35 bits per heavy atom. The van der Waals surface area contributed by atoms with Gasteiger partial charge in [0.1, 0.15) is 0 Å². The van der Waals surface area contributed by atoms with E-state index >= 15 is 0 Å². The lowest BCUT2D eigenvalue weighted by Crippen LogP contribution is -2.39. The molecular weight excluding hydrogens is 272 g/mol. The van der Waals surface area contributed by atoms with Crippen molar-refractivity contribution in [1.29, 1.82) is 0 Å². The van der Waals surface area contributed by atoms with Crippen molar-refractivity contribution < 1.29 is 4.79 Å². The Kier molecular flexibility index (Phi) is 6.76. The van der Waals surface area contributed by atoms with Gasteiger partial charge in [0, 0.05) is 24.7 Å². The SMILES string of the molecule is C=C(C)CN(CC)C(=O)CN(C)Cc1ccc(Cl)cc1. The van der Waals surface area contributed by atoms with E-state index in [-0.39, 0.29) is 5.91 Å². The molecule has 0 spiro atoms. The van der Waals surface area contributed by atoms with Crippen LogP contribution in [0.3, 0.4) is 0 Å². The molecule has 1 amide bonds. The van der Waals surface area contributed by atoms with Gasteiger partial charge in [-0.3, -0.25) is 9.69 Å². The number of carbonyl (C=O) groups excluding carboxylic acids is 1. The summed E-state index contributed by atoms with van der Waals surface area (Å²) in [7, 11) is 1.95. The fourth-order valence-electron chi connectivity index (χ4n) is 1.99. The fraction of sp³-hybridized carbons (Fsp3) is 0.438. The summed E-state index contributed by atoms with van der Waals surface area (Å²) >= 11 is 5.86. The van der Waals surface area contributed by atoms with E-state index in [0.29, 0.717) is 19.6 Å². The number of amides is 1. The van der Waals surface area contributed by atoms with Crippen LogP contribution in [-0.2, 0) is 11.3 Å². The Bertz CT molecular complexity index is 456. The van der Waals surface area contributed by atoms with Crippen LogP contribution in [0.5, 0.6) is 0 Å². The van der Waals surface area contributed by atoms with E-state index in [1.165, 1.54) is 0 Å². The molecule has 0 aliphatic rings. The first kappa shape index (κ1) is 16.7. The standard InChI is InChI=1S/C16H23ClN2O/c1-5-19(10-13(2)3)16(20)12-18(4)11-14-6-8-15(17)9-7-14/h6-9H,2,5,10-12H2,1,3-4H3. The summed E-state index contributed by atoms with van der Waals surface area (Å²) in [6, 6.07) is 7.70. The van der Waals surface area contributed by atoms with E-state index in [1.807, 2.05) is 55.0 Å². The summed E-state index contributed by atoms with van der Waals surface area (Å²) in [5, 5.41) is 0.728. The van der Waals surface area contributed by atoms with Gasteiger partial charge in [-0.05, 0) is 38.6 Å². The highest BCUT2D eigenvalue weighted by molar-refractivity contribution is 6.30. The van der Waals surface area contributed by atoms with Crippen molar-refractivity contribution in [2.45, 2.75) is 20.4 Å². The molecular formula is C16H23ClN2O. The van der Waals surface area contributed by atoms with E-state index in [2.05, 4.69) is 6.58 Å². The van der Waals surface area contributed by atoms with Gasteiger partial charge in [0.25, 0.3) is 0 Å². The van der Waals surface area contributed by atoms with Crippen molar-refractivity contribution in [3.05, 3.63) is 47.0 Å². The molecule has 0 fully saturated rings. The topological polar surface area (TPSA) is 23.6 Å². The van der Waals surface area contributed by atoms with E-state index in [0.717, 1.165) is 22.7 Å². The lowest BCUT2D eigenvalue weighted by molar-refractivity contribution is -0.131. The predicted octanol–water partition coefficient (Wildman–Crippen LogP) is 3.20. The third kappa shape index (κ3) is 5.76. The molecule has 4 heteroatoms. The van der Waals surface area contributed by atoms with Crippen LogP contribution in [-0.4, -0.2) is 42.4 Å². The van der Waals surface area contributed by atoms with Crippen molar-refractivity contribution in [1.82, 2.24) is 9.80 Å². The molecule has 1 aromatic rings. The van der Waals surface area contributed by atoms with Gasteiger partial charge in [-0.2, -0.15) is 0 Å². The Morgan fingerprint density at radius 1 is 1.25 bits per heavy atom. The van der Waals surface area contributed by atoms with Crippen molar-refractivity contribution in [3.8, 4) is 0 Å². The molecule has 0 saturated carbocycles. The van der Waals surface area contributed by atoms with Crippen LogP contribution in [0.4, 0.5) is 0 Å². The largest absolute Gasteiger partial charge is 0.338 e. The smallest absolute Gasteiger partial charge is 0.237 e. The van der Waals surface area contributed by atoms with Crippen LogP contribution in [0, 0.1) is 0 Å². The Hall–Kier alpha value is -1.32. The Morgan fingerprint density at radius 2 is 1.85 bits per heavy atom. The van der Waals surface area contributed by atoms with Gasteiger partial charge in [-0.15, -0.1) is 0 Å². The first-order valence-electron chi connectivity index (χ1n) is 6.77. The third-order valence-corrected chi connectivity index (χ3v) is 3.22. The molecule has 0 unspecified atom stereocenters. The lowest BCUT2D eigenvalue weighted by Gasteiger charge is -2.24.